The molecule has 0 aliphatic carbocycles. The van der Waals surface area contributed by atoms with Crippen molar-refractivity contribution >= 4 is 52.3 Å². The Balaban J connectivity index is 1.21. The molecule has 11 rings (SSSR count). The highest BCUT2D eigenvalue weighted by Gasteiger charge is 2.34. The van der Waals surface area contributed by atoms with Crippen molar-refractivity contribution in [3.05, 3.63) is 194 Å². The molecule has 3 aliphatic rings. The zero-order chi connectivity index (χ0) is 55.3. The van der Waals surface area contributed by atoms with Gasteiger partial charge in [-0.2, -0.15) is 0 Å². The van der Waals surface area contributed by atoms with Crippen LogP contribution in [-0.4, -0.2) is 44.4 Å². The number of hydrogen-bond acceptors (Lipinski definition) is 5. The number of fused-ring (bicyclic) bond motifs is 8. The summed E-state index contributed by atoms with van der Waals surface area (Å²) in [6, 6.07) is 16.4. The molecule has 6 heterocycles. The van der Waals surface area contributed by atoms with Crippen LogP contribution >= 0.6 is 0 Å². The van der Waals surface area contributed by atoms with Gasteiger partial charge in [-0.3, -0.25) is 4.90 Å². The summed E-state index contributed by atoms with van der Waals surface area (Å²) in [5, 5.41) is 0. The fraction of sp³-hybridized carbons (Fsp3) is 0.0893. The molecule has 2 N–H and O–H groups in total. The van der Waals surface area contributed by atoms with Crippen LogP contribution in [0.5, 0.6) is 5.75 Å². The first-order valence-corrected chi connectivity index (χ1v) is 23.1. The molecule has 7 nitrogen and oxygen atoms in total. The Hall–Kier alpha value is -8.92. The highest BCUT2D eigenvalue weighted by Crippen LogP contribution is 2.44. The summed E-state index contributed by atoms with van der Waals surface area (Å²) in [6.07, 6.45) is 5.76. The van der Waals surface area contributed by atoms with E-state index in [1.54, 1.807) is 12.1 Å². The molecule has 1 atom stereocenters. The number of hydrogen-bond donors (Lipinski definition) is 2. The minimum atomic E-state index is -2.63. The molecule has 5 aromatic carbocycles. The summed E-state index contributed by atoms with van der Waals surface area (Å²) in [5.74, 6) is -37.9. The maximum Gasteiger partial charge on any atom is 0.343 e. The molecule has 78 heavy (non-hydrogen) atoms. The van der Waals surface area contributed by atoms with E-state index < -0.39 is 160 Å². The largest absolute Gasteiger partial charge is 0.423 e. The summed E-state index contributed by atoms with van der Waals surface area (Å²) >= 11 is 0. The van der Waals surface area contributed by atoms with Gasteiger partial charge in [0, 0.05) is 50.4 Å². The normalized spacial score (nSPS) is 14.3. The Morgan fingerprint density at radius 2 is 0.769 bits per heavy atom. The SMILES string of the molecule is CN1CCCC1c1ccc(C(=O)Oc2ccc(-c3c4nc(c(-c5c(F)c(F)c(F)c(F)c5F)c5ccc([nH]5)c(-c5c(F)c(F)c(F)c(F)c5F)c5nc(c(-c6c(F)c(F)c(F)c(F)c6F)c6ccc3[nH]6)C=C5)C=C4)cc2)cc1. The van der Waals surface area contributed by atoms with Crippen LogP contribution in [0.25, 0.3) is 90.9 Å². The van der Waals surface area contributed by atoms with Gasteiger partial charge < -0.3 is 14.7 Å². The van der Waals surface area contributed by atoms with E-state index in [0.29, 0.717) is 0 Å². The molecule has 8 bridgehead atoms. The number of aromatic amines is 2. The predicted octanol–water partition coefficient (Wildman–Crippen LogP) is 15.4. The van der Waals surface area contributed by atoms with Crippen LogP contribution in [-0.2, 0) is 0 Å². The number of benzene rings is 5. The van der Waals surface area contributed by atoms with E-state index in [4.69, 9.17) is 4.74 Å². The molecule has 1 fully saturated rings. The van der Waals surface area contributed by atoms with Crippen LogP contribution in [0.3, 0.4) is 0 Å². The molecule has 0 spiro atoms. The molecule has 22 heteroatoms. The third-order valence-electron chi connectivity index (χ3n) is 13.5. The van der Waals surface area contributed by atoms with E-state index in [-0.39, 0.29) is 39.7 Å². The molecule has 8 aromatic rings. The maximum atomic E-state index is 16.1. The fourth-order valence-electron chi connectivity index (χ4n) is 9.80. The summed E-state index contributed by atoms with van der Waals surface area (Å²) in [5.41, 5.74) is -11.2. The molecule has 1 unspecified atom stereocenters. The predicted molar refractivity (Wildman–Crippen MR) is 256 cm³/mol. The topological polar surface area (TPSA) is 86.9 Å². The van der Waals surface area contributed by atoms with Gasteiger partial charge in [0.2, 0.25) is 17.5 Å². The average Bonchev–Trinajstić information content (AvgIpc) is 4.38. The smallest absolute Gasteiger partial charge is 0.343 e. The van der Waals surface area contributed by atoms with Crippen LogP contribution in [0, 0.1) is 87.3 Å². The zero-order valence-electron chi connectivity index (χ0n) is 39.3. The number of esters is 1. The quantitative estimate of drug-likeness (QED) is 0.0546. The molecule has 3 aliphatic heterocycles. The lowest BCUT2D eigenvalue weighted by Gasteiger charge is -2.19. The van der Waals surface area contributed by atoms with Crippen molar-refractivity contribution in [3.63, 3.8) is 0 Å². The number of carbonyl (C=O) groups excluding carboxylic acids is 1. The molecule has 0 saturated carbocycles. The van der Waals surface area contributed by atoms with Gasteiger partial charge in [0.25, 0.3) is 0 Å². The average molecular weight is 1090 g/mol. The van der Waals surface area contributed by atoms with Gasteiger partial charge in [-0.1, -0.05) is 24.3 Å². The summed E-state index contributed by atoms with van der Waals surface area (Å²) in [4.78, 5) is 29.5. The molecule has 1 saturated heterocycles. The summed E-state index contributed by atoms with van der Waals surface area (Å²) < 4.78 is 236. The second-order valence-electron chi connectivity index (χ2n) is 18.0. The third kappa shape index (κ3) is 8.19. The van der Waals surface area contributed by atoms with Crippen LogP contribution in [0.1, 0.15) is 57.6 Å². The van der Waals surface area contributed by atoms with Gasteiger partial charge >= 0.3 is 5.97 Å². The lowest BCUT2D eigenvalue weighted by atomic mass is 10.0. The van der Waals surface area contributed by atoms with Crippen molar-refractivity contribution in [2.24, 2.45) is 0 Å². The van der Waals surface area contributed by atoms with E-state index >= 15 is 52.7 Å². The van der Waals surface area contributed by atoms with E-state index in [1.165, 1.54) is 36.4 Å². The number of likely N-dealkylation sites (tertiary alicyclic amines) is 1. The van der Waals surface area contributed by atoms with E-state index in [1.807, 2.05) is 19.2 Å². The summed E-state index contributed by atoms with van der Waals surface area (Å²) in [6.45, 7) is 0.916. The third-order valence-corrected chi connectivity index (χ3v) is 13.5. The number of rotatable bonds is 7. The first-order valence-electron chi connectivity index (χ1n) is 23.1. The number of ether oxygens (including phenoxy) is 1. The number of nitrogens with zero attached hydrogens (tertiary/aromatic N) is 3. The van der Waals surface area contributed by atoms with Crippen LogP contribution in [0.4, 0.5) is 65.9 Å². The van der Waals surface area contributed by atoms with Crippen molar-refractivity contribution in [2.45, 2.75) is 18.9 Å². The number of halogens is 15. The highest BCUT2D eigenvalue weighted by molar-refractivity contribution is 6.00. The lowest BCUT2D eigenvalue weighted by Crippen LogP contribution is -2.17. The van der Waals surface area contributed by atoms with Crippen molar-refractivity contribution in [1.82, 2.24) is 24.8 Å². The Bertz CT molecular complexity index is 4000. The summed E-state index contributed by atoms with van der Waals surface area (Å²) in [7, 11) is 1.99. The van der Waals surface area contributed by atoms with Crippen LogP contribution < -0.4 is 4.74 Å². The number of nitrogens with one attached hydrogen (secondary N) is 2. The minimum absolute atomic E-state index is 0.00737. The van der Waals surface area contributed by atoms with Crippen molar-refractivity contribution in [1.29, 1.82) is 0 Å². The van der Waals surface area contributed by atoms with Crippen molar-refractivity contribution in [2.75, 3.05) is 13.6 Å². The maximum absolute atomic E-state index is 16.1. The van der Waals surface area contributed by atoms with Gasteiger partial charge in [0.05, 0.1) is 45.0 Å². The molecule has 0 radical (unpaired) electrons. The van der Waals surface area contributed by atoms with Gasteiger partial charge in [0.15, 0.2) is 69.8 Å². The first-order chi connectivity index (χ1) is 37.2. The minimum Gasteiger partial charge on any atom is -0.423 e. The van der Waals surface area contributed by atoms with E-state index in [9.17, 15) is 18.0 Å². The Morgan fingerprint density at radius 3 is 1.12 bits per heavy atom. The van der Waals surface area contributed by atoms with E-state index in [2.05, 4.69) is 24.8 Å². The number of carbonyl (C=O) groups is 1. The Morgan fingerprint density at radius 1 is 0.436 bits per heavy atom. The monoisotopic (exact) mass is 1090 g/mol. The lowest BCUT2D eigenvalue weighted by molar-refractivity contribution is 0.0734. The fourth-order valence-corrected chi connectivity index (χ4v) is 9.80. The molecule has 394 valence electrons. The second-order valence-corrected chi connectivity index (χ2v) is 18.0. The van der Waals surface area contributed by atoms with Gasteiger partial charge in [0.1, 0.15) is 5.75 Å². The van der Waals surface area contributed by atoms with Crippen molar-refractivity contribution in [3.8, 4) is 50.3 Å². The Labute approximate surface area is 428 Å². The van der Waals surface area contributed by atoms with Crippen LogP contribution in [0.15, 0.2) is 72.8 Å². The molecule has 0 amide bonds. The second kappa shape index (κ2) is 19.3. The molecular formula is C56H28F15N5O2. The van der Waals surface area contributed by atoms with Gasteiger partial charge in [-0.25, -0.2) is 80.6 Å². The zero-order valence-corrected chi connectivity index (χ0v) is 39.3. The van der Waals surface area contributed by atoms with Gasteiger partial charge in [-0.15, -0.1) is 0 Å². The van der Waals surface area contributed by atoms with Crippen molar-refractivity contribution < 1.29 is 75.4 Å². The standard InChI is InChI=1S/C56H28F15N5O2/c1-76-20-2-3-33(76)21-4-6-23(7-5-21)56(77)78-24-10-8-22(9-11-24)34-25-12-14-27(72-25)35(38-41(57)47(63)53(69)48(64)42(38)58)29-16-18-31(74-29)37(40-45(61)51(67)55(71)52(68)46(40)62)32-19-17-30(75-32)36(28-15-13-26(34)73-28)39-43(59)49(65)54(70)50(66)44(39)60/h4-19,33,72,75H,2-3,20H2,1H3. The number of H-pyrrole nitrogens is 2. The van der Waals surface area contributed by atoms with Crippen LogP contribution in [0.2, 0.25) is 0 Å². The first kappa shape index (κ1) is 51.2. The Kier molecular flexibility index (Phi) is 12.6. The number of aromatic nitrogens is 4. The van der Waals surface area contributed by atoms with E-state index in [0.717, 1.165) is 61.4 Å². The highest BCUT2D eigenvalue weighted by atomic mass is 19.2. The van der Waals surface area contributed by atoms with Gasteiger partial charge in [-0.05, 0) is 110 Å². The molecular weight excluding hydrogens is 1060 g/mol. The molecule has 3 aromatic heterocycles.